The number of carbonyl (C=O) groups is 2. The van der Waals surface area contributed by atoms with Crippen molar-refractivity contribution in [1.82, 2.24) is 5.32 Å². The smallest absolute Gasteiger partial charge is 0.238 e. The lowest BCUT2D eigenvalue weighted by atomic mass is 10.1. The van der Waals surface area contributed by atoms with Gasteiger partial charge in [-0.05, 0) is 49.1 Å². The van der Waals surface area contributed by atoms with E-state index < -0.39 is 0 Å². The highest BCUT2D eigenvalue weighted by molar-refractivity contribution is 6.00. The lowest BCUT2D eigenvalue weighted by Crippen LogP contribution is -2.29. The van der Waals surface area contributed by atoms with E-state index in [1.807, 2.05) is 18.2 Å². The van der Waals surface area contributed by atoms with Gasteiger partial charge in [-0.3, -0.25) is 9.59 Å². The second kappa shape index (κ2) is 6.24. The summed E-state index contributed by atoms with van der Waals surface area (Å²) in [6.45, 7) is 1.26. The van der Waals surface area contributed by atoms with Gasteiger partial charge in [-0.15, -0.1) is 12.4 Å². The van der Waals surface area contributed by atoms with Crippen molar-refractivity contribution in [2.75, 3.05) is 23.7 Å². The molecular weight excluding hydrogens is 278 g/mol. The van der Waals surface area contributed by atoms with Crippen LogP contribution in [0.3, 0.4) is 0 Å². The van der Waals surface area contributed by atoms with Gasteiger partial charge in [0, 0.05) is 11.4 Å². The van der Waals surface area contributed by atoms with Crippen molar-refractivity contribution in [3.05, 3.63) is 23.8 Å². The Hall–Kier alpha value is -1.59. The first kappa shape index (κ1) is 14.8. The summed E-state index contributed by atoms with van der Waals surface area (Å²) in [4.78, 5) is 23.0. The standard InChI is InChI=1S/C14H17N3O2.ClH/c18-13-6-10-5-11(3-4-12(10)17-13)16-14(19)8-15-7-9-1-2-9;/h3-5,9,15H,1-2,6-8H2,(H,16,19)(H,17,18);1H. The average Bonchev–Trinajstić information content (AvgIpc) is 3.09. The fraction of sp³-hybridized carbons (Fsp3) is 0.429. The zero-order chi connectivity index (χ0) is 13.2. The number of hydrogen-bond acceptors (Lipinski definition) is 3. The largest absolute Gasteiger partial charge is 0.326 e. The van der Waals surface area contributed by atoms with Gasteiger partial charge in [0.2, 0.25) is 11.8 Å². The molecule has 0 bridgehead atoms. The van der Waals surface area contributed by atoms with E-state index in [9.17, 15) is 9.59 Å². The predicted octanol–water partition coefficient (Wildman–Crippen LogP) is 1.54. The van der Waals surface area contributed by atoms with Gasteiger partial charge in [0.05, 0.1) is 13.0 Å². The summed E-state index contributed by atoms with van der Waals surface area (Å²) >= 11 is 0. The second-order valence-corrected chi connectivity index (χ2v) is 5.22. The summed E-state index contributed by atoms with van der Waals surface area (Å²) in [5.41, 5.74) is 2.53. The molecule has 1 aromatic carbocycles. The van der Waals surface area contributed by atoms with Crippen LogP contribution < -0.4 is 16.0 Å². The number of fused-ring (bicyclic) bond motifs is 1. The molecule has 0 unspecified atom stereocenters. The van der Waals surface area contributed by atoms with Crippen LogP contribution in [0.25, 0.3) is 0 Å². The highest BCUT2D eigenvalue weighted by Gasteiger charge is 2.21. The number of carbonyl (C=O) groups excluding carboxylic acids is 2. The van der Waals surface area contributed by atoms with E-state index >= 15 is 0 Å². The molecule has 20 heavy (non-hydrogen) atoms. The Morgan fingerprint density at radius 3 is 2.90 bits per heavy atom. The van der Waals surface area contributed by atoms with Gasteiger partial charge in [-0.2, -0.15) is 0 Å². The normalized spacial score (nSPS) is 16.1. The van der Waals surface area contributed by atoms with Gasteiger partial charge in [0.15, 0.2) is 0 Å². The molecule has 1 aliphatic carbocycles. The fourth-order valence-corrected chi connectivity index (χ4v) is 2.22. The minimum atomic E-state index is -0.0436. The van der Waals surface area contributed by atoms with Crippen molar-refractivity contribution in [2.24, 2.45) is 5.92 Å². The maximum atomic E-state index is 11.7. The second-order valence-electron chi connectivity index (χ2n) is 5.22. The lowest BCUT2D eigenvalue weighted by molar-refractivity contribution is -0.116. The molecular formula is C14H18ClN3O2. The van der Waals surface area contributed by atoms with Crippen LogP contribution in [0.5, 0.6) is 0 Å². The van der Waals surface area contributed by atoms with Crippen molar-refractivity contribution < 1.29 is 9.59 Å². The zero-order valence-corrected chi connectivity index (χ0v) is 11.9. The van der Waals surface area contributed by atoms with Crippen LogP contribution in [0.2, 0.25) is 0 Å². The van der Waals surface area contributed by atoms with Crippen LogP contribution in [-0.4, -0.2) is 24.9 Å². The third-order valence-corrected chi connectivity index (χ3v) is 3.43. The Labute approximate surface area is 123 Å². The van der Waals surface area contributed by atoms with Crippen LogP contribution in [0.1, 0.15) is 18.4 Å². The van der Waals surface area contributed by atoms with Crippen molar-refractivity contribution in [3.8, 4) is 0 Å². The maximum absolute atomic E-state index is 11.7. The first-order valence-electron chi connectivity index (χ1n) is 6.64. The van der Waals surface area contributed by atoms with Crippen molar-refractivity contribution in [1.29, 1.82) is 0 Å². The third kappa shape index (κ3) is 3.71. The van der Waals surface area contributed by atoms with Crippen molar-refractivity contribution in [2.45, 2.75) is 19.3 Å². The number of anilines is 2. The first-order valence-corrected chi connectivity index (χ1v) is 6.64. The van der Waals surface area contributed by atoms with Gasteiger partial charge in [0.1, 0.15) is 0 Å². The van der Waals surface area contributed by atoms with Crippen molar-refractivity contribution in [3.63, 3.8) is 0 Å². The van der Waals surface area contributed by atoms with Crippen LogP contribution in [0.15, 0.2) is 18.2 Å². The highest BCUT2D eigenvalue weighted by Crippen LogP contribution is 2.27. The molecule has 0 aromatic heterocycles. The Morgan fingerprint density at radius 1 is 1.35 bits per heavy atom. The van der Waals surface area contributed by atoms with Gasteiger partial charge in [0.25, 0.3) is 0 Å². The van der Waals surface area contributed by atoms with Gasteiger partial charge < -0.3 is 16.0 Å². The molecule has 2 aliphatic rings. The van der Waals surface area contributed by atoms with E-state index in [1.165, 1.54) is 12.8 Å². The first-order chi connectivity index (χ1) is 9.20. The van der Waals surface area contributed by atoms with Crippen LogP contribution in [0.4, 0.5) is 11.4 Å². The van der Waals surface area contributed by atoms with Crippen molar-refractivity contribution >= 4 is 35.6 Å². The summed E-state index contributed by atoms with van der Waals surface area (Å²) in [6, 6.07) is 5.49. The minimum Gasteiger partial charge on any atom is -0.326 e. The molecule has 3 N–H and O–H groups in total. The molecule has 1 fully saturated rings. The van der Waals surface area contributed by atoms with Gasteiger partial charge in [-0.25, -0.2) is 0 Å². The molecule has 1 heterocycles. The molecule has 0 atom stereocenters. The summed E-state index contributed by atoms with van der Waals surface area (Å²) in [7, 11) is 0. The van der Waals surface area contributed by atoms with E-state index in [-0.39, 0.29) is 24.2 Å². The third-order valence-electron chi connectivity index (χ3n) is 3.43. The number of hydrogen-bond donors (Lipinski definition) is 3. The average molecular weight is 296 g/mol. The fourth-order valence-electron chi connectivity index (χ4n) is 2.22. The molecule has 1 aromatic rings. The predicted molar refractivity (Wildman–Crippen MR) is 80.2 cm³/mol. The molecule has 3 rings (SSSR count). The van der Waals surface area contributed by atoms with E-state index in [0.717, 1.165) is 29.4 Å². The Morgan fingerprint density at radius 2 is 2.15 bits per heavy atom. The molecule has 5 nitrogen and oxygen atoms in total. The van der Waals surface area contributed by atoms with Crippen LogP contribution in [-0.2, 0) is 16.0 Å². The van der Waals surface area contributed by atoms with Gasteiger partial charge in [-0.1, -0.05) is 0 Å². The Bertz CT molecular complexity index is 529. The topological polar surface area (TPSA) is 70.2 Å². The molecule has 6 heteroatoms. The van der Waals surface area contributed by atoms with E-state index in [4.69, 9.17) is 0 Å². The molecule has 0 saturated heterocycles. The summed E-state index contributed by atoms with van der Waals surface area (Å²) in [6.07, 6.45) is 2.94. The summed E-state index contributed by atoms with van der Waals surface area (Å²) < 4.78 is 0. The summed E-state index contributed by atoms with van der Waals surface area (Å²) in [5.74, 6) is 0.729. The minimum absolute atomic E-state index is 0. The number of rotatable bonds is 5. The molecule has 1 aliphatic heterocycles. The zero-order valence-electron chi connectivity index (χ0n) is 11.1. The van der Waals surface area contributed by atoms with E-state index in [0.29, 0.717) is 13.0 Å². The van der Waals surface area contributed by atoms with Crippen LogP contribution in [0, 0.1) is 5.92 Å². The number of nitrogens with one attached hydrogen (secondary N) is 3. The molecule has 108 valence electrons. The number of benzene rings is 1. The molecule has 0 radical (unpaired) electrons. The number of halogens is 1. The van der Waals surface area contributed by atoms with Gasteiger partial charge >= 0.3 is 0 Å². The monoisotopic (exact) mass is 295 g/mol. The highest BCUT2D eigenvalue weighted by atomic mass is 35.5. The lowest BCUT2D eigenvalue weighted by Gasteiger charge is -2.07. The molecule has 2 amide bonds. The number of amides is 2. The molecule has 1 saturated carbocycles. The Balaban J connectivity index is 0.00000147. The van der Waals surface area contributed by atoms with E-state index in [1.54, 1.807) is 0 Å². The Kier molecular flexibility index (Phi) is 4.62. The molecule has 0 spiro atoms. The van der Waals surface area contributed by atoms with E-state index in [2.05, 4.69) is 16.0 Å². The SMILES string of the molecule is Cl.O=C(CNCC1CC1)Nc1ccc2c(c1)CC(=O)N2. The van der Waals surface area contributed by atoms with Crippen LogP contribution >= 0.6 is 12.4 Å². The summed E-state index contributed by atoms with van der Waals surface area (Å²) in [5, 5.41) is 8.76. The maximum Gasteiger partial charge on any atom is 0.238 e. The quantitative estimate of drug-likeness (QED) is 0.772.